The van der Waals surface area contributed by atoms with E-state index in [-0.39, 0.29) is 0 Å². The molecule has 298 valence electrons. The summed E-state index contributed by atoms with van der Waals surface area (Å²) in [6, 6.07) is 77.4. The number of benzene rings is 7. The van der Waals surface area contributed by atoms with Crippen molar-refractivity contribution in [3.8, 4) is 62.1 Å². The van der Waals surface area contributed by atoms with Crippen molar-refractivity contribution in [2.24, 2.45) is 0 Å². The average molecular weight is 815 g/mol. The van der Waals surface area contributed by atoms with Crippen LogP contribution in [0.1, 0.15) is 28.8 Å². The van der Waals surface area contributed by atoms with Crippen LogP contribution in [0.3, 0.4) is 0 Å². The molecular formula is C60H38N4. The summed E-state index contributed by atoms with van der Waals surface area (Å²) in [5.74, 6) is 0.753. The molecular weight excluding hydrogens is 777 g/mol. The summed E-state index contributed by atoms with van der Waals surface area (Å²) in [4.78, 5) is 5.38. The smallest absolute Gasteiger partial charge is 0.138 e. The number of nitrogens with zero attached hydrogens (tertiary/aromatic N) is 4. The highest BCUT2D eigenvalue weighted by atomic mass is 15.1. The summed E-state index contributed by atoms with van der Waals surface area (Å²) in [7, 11) is 0. The van der Waals surface area contributed by atoms with Crippen LogP contribution in [0, 0.1) is 23.5 Å². The Morgan fingerprint density at radius 2 is 1.02 bits per heavy atom. The van der Waals surface area contributed by atoms with Crippen molar-refractivity contribution in [1.29, 1.82) is 5.26 Å². The lowest BCUT2D eigenvalue weighted by Crippen LogP contribution is -2.08. The topological polar surface area (TPSA) is 46.5 Å². The van der Waals surface area contributed by atoms with Gasteiger partial charge < -0.3 is 4.57 Å². The van der Waals surface area contributed by atoms with Crippen molar-refractivity contribution in [3.63, 3.8) is 0 Å². The third kappa shape index (κ3) is 6.20. The first kappa shape index (κ1) is 37.1. The van der Waals surface area contributed by atoms with Gasteiger partial charge in [-0.15, -0.1) is 0 Å². The Hall–Kier alpha value is -8.70. The van der Waals surface area contributed by atoms with Crippen LogP contribution in [-0.4, -0.2) is 14.1 Å². The minimum Gasteiger partial charge on any atom is -0.311 e. The third-order valence-corrected chi connectivity index (χ3v) is 12.8. The summed E-state index contributed by atoms with van der Waals surface area (Å²) in [5, 5.41) is 14.1. The van der Waals surface area contributed by atoms with Crippen molar-refractivity contribution >= 4 is 44.4 Å². The van der Waals surface area contributed by atoms with E-state index in [0.29, 0.717) is 11.1 Å². The number of fused-ring (bicyclic) bond motifs is 6. The van der Waals surface area contributed by atoms with Crippen molar-refractivity contribution in [2.75, 3.05) is 0 Å². The first-order valence-electron chi connectivity index (χ1n) is 21.7. The van der Waals surface area contributed by atoms with E-state index in [9.17, 15) is 5.26 Å². The molecule has 0 atom stereocenters. The lowest BCUT2D eigenvalue weighted by atomic mass is 9.91. The predicted molar refractivity (Wildman–Crippen MR) is 262 cm³/mol. The Kier molecular flexibility index (Phi) is 8.89. The van der Waals surface area contributed by atoms with Crippen molar-refractivity contribution < 1.29 is 0 Å². The van der Waals surface area contributed by atoms with Gasteiger partial charge in [-0.1, -0.05) is 152 Å². The lowest BCUT2D eigenvalue weighted by molar-refractivity contribution is 0.893. The molecule has 0 radical (unpaired) electrons. The fraction of sp³-hybridized carbons (Fsp3) is 0.0333. The van der Waals surface area contributed by atoms with E-state index in [2.05, 4.69) is 215 Å². The van der Waals surface area contributed by atoms with Crippen LogP contribution in [0.2, 0.25) is 0 Å². The van der Waals surface area contributed by atoms with E-state index in [1.165, 1.54) is 33.3 Å². The normalized spacial score (nSPS) is 12.2. The Balaban J connectivity index is 1.12. The molecule has 0 fully saturated rings. The largest absolute Gasteiger partial charge is 0.311 e. The molecule has 8 aromatic carbocycles. The van der Waals surface area contributed by atoms with E-state index in [1.54, 1.807) is 6.07 Å². The van der Waals surface area contributed by atoms with Crippen LogP contribution in [0.4, 0.5) is 0 Å². The molecule has 0 saturated carbocycles. The fourth-order valence-corrected chi connectivity index (χ4v) is 9.76. The summed E-state index contributed by atoms with van der Waals surface area (Å²) < 4.78 is 4.65. The number of allylic oxidation sites excluding steroid dienone is 1. The highest BCUT2D eigenvalue weighted by Crippen LogP contribution is 2.43. The number of aromatic nitrogens is 3. The van der Waals surface area contributed by atoms with Gasteiger partial charge in [0.2, 0.25) is 0 Å². The van der Waals surface area contributed by atoms with Gasteiger partial charge in [-0.2, -0.15) is 5.26 Å². The Morgan fingerprint density at radius 1 is 0.500 bits per heavy atom. The first-order valence-corrected chi connectivity index (χ1v) is 21.7. The van der Waals surface area contributed by atoms with Gasteiger partial charge >= 0.3 is 0 Å². The molecule has 0 aliphatic heterocycles. The molecule has 0 amide bonds. The summed E-state index contributed by atoms with van der Waals surface area (Å²) in [5.41, 5.74) is 18.1. The predicted octanol–water partition coefficient (Wildman–Crippen LogP) is 14.7. The zero-order valence-electron chi connectivity index (χ0n) is 34.8. The van der Waals surface area contributed by atoms with Gasteiger partial charge in [0.15, 0.2) is 0 Å². The molecule has 1 aliphatic rings. The van der Waals surface area contributed by atoms with Crippen LogP contribution in [0.15, 0.2) is 200 Å². The number of nitriles is 1. The van der Waals surface area contributed by atoms with Gasteiger partial charge in [-0.05, 0) is 118 Å². The second-order valence-corrected chi connectivity index (χ2v) is 16.4. The number of hydrogen-bond acceptors (Lipinski definition) is 2. The Bertz CT molecular complexity index is 3550. The maximum Gasteiger partial charge on any atom is 0.138 e. The summed E-state index contributed by atoms with van der Waals surface area (Å²) >= 11 is 0. The Morgan fingerprint density at radius 3 is 1.56 bits per heavy atom. The fourth-order valence-electron chi connectivity index (χ4n) is 9.76. The molecule has 12 rings (SSSR count). The van der Waals surface area contributed by atoms with Crippen molar-refractivity contribution in [3.05, 3.63) is 235 Å². The molecule has 3 aromatic heterocycles. The molecule has 11 aromatic rings. The molecule has 0 saturated heterocycles. The molecule has 0 bridgehead atoms. The van der Waals surface area contributed by atoms with Crippen LogP contribution in [-0.2, 0) is 6.42 Å². The molecule has 0 spiro atoms. The molecule has 64 heavy (non-hydrogen) atoms. The number of hydrogen-bond donors (Lipinski definition) is 0. The van der Waals surface area contributed by atoms with Gasteiger partial charge in [0.05, 0.1) is 39.6 Å². The van der Waals surface area contributed by atoms with Crippen LogP contribution in [0.25, 0.3) is 100 Å². The SMILES string of the molecule is N#Cc1ccc#cc1-c1cc(-n2c3ccc(-c4ccccc4)cc3c3cc(-c4ccccc4)ccc32)ncc1-n1c2c(c3cc(-c4ccccc4)ccc31)C=C(c1ccccc1)CC2. The van der Waals surface area contributed by atoms with Gasteiger partial charge in [-0.25, -0.2) is 4.98 Å². The van der Waals surface area contributed by atoms with Crippen molar-refractivity contribution in [2.45, 2.75) is 12.8 Å². The van der Waals surface area contributed by atoms with Gasteiger partial charge in [0.1, 0.15) is 11.9 Å². The van der Waals surface area contributed by atoms with Crippen LogP contribution < -0.4 is 0 Å². The number of pyridine rings is 1. The maximum absolute atomic E-state index is 10.6. The van der Waals surface area contributed by atoms with Gasteiger partial charge in [0, 0.05) is 33.0 Å². The zero-order chi connectivity index (χ0) is 42.6. The Labute approximate surface area is 371 Å². The minimum atomic E-state index is 0.530. The third-order valence-electron chi connectivity index (χ3n) is 12.8. The zero-order valence-corrected chi connectivity index (χ0v) is 34.8. The van der Waals surface area contributed by atoms with Gasteiger partial charge in [-0.3, -0.25) is 4.57 Å². The van der Waals surface area contributed by atoms with Gasteiger partial charge in [0.25, 0.3) is 0 Å². The van der Waals surface area contributed by atoms with Crippen LogP contribution >= 0.6 is 0 Å². The van der Waals surface area contributed by atoms with Crippen LogP contribution in [0.5, 0.6) is 0 Å². The lowest BCUT2D eigenvalue weighted by Gasteiger charge is -2.20. The first-order chi connectivity index (χ1) is 31.7. The monoisotopic (exact) mass is 814 g/mol. The van der Waals surface area contributed by atoms with E-state index >= 15 is 0 Å². The number of rotatable bonds is 7. The molecule has 0 unspecified atom stereocenters. The second-order valence-electron chi connectivity index (χ2n) is 16.4. The molecule has 4 nitrogen and oxygen atoms in total. The molecule has 1 aliphatic carbocycles. The maximum atomic E-state index is 10.6. The van der Waals surface area contributed by atoms with E-state index in [1.807, 2.05) is 12.3 Å². The quantitative estimate of drug-likeness (QED) is 0.161. The minimum absolute atomic E-state index is 0.530. The summed E-state index contributed by atoms with van der Waals surface area (Å²) in [6.07, 6.45) is 6.12. The second kappa shape index (κ2) is 15.3. The van der Waals surface area contributed by atoms with Crippen molar-refractivity contribution in [1.82, 2.24) is 14.1 Å². The molecule has 3 heterocycles. The average Bonchev–Trinajstić information content (AvgIpc) is 3.88. The van der Waals surface area contributed by atoms with E-state index < -0.39 is 0 Å². The van der Waals surface area contributed by atoms with E-state index in [0.717, 1.165) is 85.1 Å². The summed E-state index contributed by atoms with van der Waals surface area (Å²) in [6.45, 7) is 0. The molecule has 4 heteroatoms. The highest BCUT2D eigenvalue weighted by molar-refractivity contribution is 6.12. The molecule has 0 N–H and O–H groups in total. The standard InChI is InChI=1S/C60H38N4/c61-38-48-23-13-14-24-49(48)54-37-60(64-57-31-27-46(42-19-9-3-10-20-42)35-52(57)53-36-47(28-32-58(53)64)43-21-11-4-12-22-43)62-39-59(54)63-55-29-25-44(40-15-5-1-6-16-40)33-50(55)51-34-45(26-30-56(51)63)41-17-7-2-8-18-41/h1-13,15-23,25,27-29,31-37,39H,26,30H2. The highest BCUT2D eigenvalue weighted by Gasteiger charge is 2.26. The van der Waals surface area contributed by atoms with E-state index in [4.69, 9.17) is 4.98 Å².